The first-order valence-electron chi connectivity index (χ1n) is 4.98. The molecule has 3 heteroatoms. The van der Waals surface area contributed by atoms with E-state index in [1.165, 1.54) is 11.4 Å². The normalized spacial score (nSPS) is 15.3. The van der Waals surface area contributed by atoms with Gasteiger partial charge in [-0.05, 0) is 32.0 Å². The van der Waals surface area contributed by atoms with Crippen molar-refractivity contribution >= 4 is 23.0 Å². The summed E-state index contributed by atoms with van der Waals surface area (Å²) in [6.07, 6.45) is 0. The average molecular weight is 211 g/mol. The van der Waals surface area contributed by atoms with Crippen molar-refractivity contribution in [3.8, 4) is 0 Å². The van der Waals surface area contributed by atoms with E-state index in [4.69, 9.17) is 11.6 Å². The number of nitrogens with zero attached hydrogens (tertiary/aromatic N) is 1. The Hall–Kier alpha value is -0.890. The third kappa shape index (κ3) is 1.67. The topological polar surface area (TPSA) is 15.3 Å². The van der Waals surface area contributed by atoms with Crippen molar-refractivity contribution in [2.45, 2.75) is 19.9 Å². The molecule has 0 saturated heterocycles. The van der Waals surface area contributed by atoms with Gasteiger partial charge in [-0.15, -0.1) is 0 Å². The van der Waals surface area contributed by atoms with E-state index in [-0.39, 0.29) is 0 Å². The number of rotatable bonds is 1. The minimum absolute atomic E-state index is 0.523. The molecule has 76 valence electrons. The summed E-state index contributed by atoms with van der Waals surface area (Å²) in [5, 5.41) is 4.18. The van der Waals surface area contributed by atoms with E-state index < -0.39 is 0 Å². The van der Waals surface area contributed by atoms with E-state index in [0.29, 0.717) is 6.04 Å². The molecule has 0 saturated carbocycles. The first-order chi connectivity index (χ1) is 6.68. The van der Waals surface area contributed by atoms with Gasteiger partial charge in [0, 0.05) is 24.2 Å². The van der Waals surface area contributed by atoms with Crippen LogP contribution in [0, 0.1) is 0 Å². The molecule has 0 aliphatic carbocycles. The summed E-state index contributed by atoms with van der Waals surface area (Å²) in [5.41, 5.74) is 2.41. The third-order valence-electron chi connectivity index (χ3n) is 2.56. The lowest BCUT2D eigenvalue weighted by Gasteiger charge is -2.35. The maximum absolute atomic E-state index is 5.99. The predicted octanol–water partition coefficient (Wildman–Crippen LogP) is 2.98. The van der Waals surface area contributed by atoms with E-state index in [1.807, 2.05) is 18.2 Å². The largest absolute Gasteiger partial charge is 0.382 e. The molecular weight excluding hydrogens is 196 g/mol. The van der Waals surface area contributed by atoms with E-state index in [1.54, 1.807) is 0 Å². The number of halogens is 1. The number of benzene rings is 1. The molecule has 1 aliphatic rings. The van der Waals surface area contributed by atoms with Crippen molar-refractivity contribution < 1.29 is 0 Å². The second-order valence-electron chi connectivity index (χ2n) is 3.88. The Labute approximate surface area is 89.9 Å². The van der Waals surface area contributed by atoms with Crippen molar-refractivity contribution in [3.05, 3.63) is 23.2 Å². The van der Waals surface area contributed by atoms with Crippen LogP contribution >= 0.6 is 11.6 Å². The fraction of sp³-hybridized carbons (Fsp3) is 0.455. The van der Waals surface area contributed by atoms with Gasteiger partial charge in [-0.1, -0.05) is 11.6 Å². The first-order valence-corrected chi connectivity index (χ1v) is 5.36. The van der Waals surface area contributed by atoms with Crippen LogP contribution in [-0.2, 0) is 0 Å². The SMILES string of the molecule is CC(C)N1CCNc2ccc(Cl)cc21. The Balaban J connectivity index is 2.41. The summed E-state index contributed by atoms with van der Waals surface area (Å²) in [6, 6.07) is 6.53. The molecule has 14 heavy (non-hydrogen) atoms. The molecule has 0 amide bonds. The lowest BCUT2D eigenvalue weighted by molar-refractivity contribution is 0.681. The Kier molecular flexibility index (Phi) is 2.55. The number of hydrogen-bond acceptors (Lipinski definition) is 2. The van der Waals surface area contributed by atoms with Gasteiger partial charge in [-0.3, -0.25) is 0 Å². The summed E-state index contributed by atoms with van der Waals surface area (Å²) in [4.78, 5) is 2.37. The van der Waals surface area contributed by atoms with Crippen molar-refractivity contribution in [2.24, 2.45) is 0 Å². The number of anilines is 2. The van der Waals surface area contributed by atoms with Crippen molar-refractivity contribution in [3.63, 3.8) is 0 Å². The zero-order valence-corrected chi connectivity index (χ0v) is 9.30. The maximum Gasteiger partial charge on any atom is 0.0619 e. The highest BCUT2D eigenvalue weighted by molar-refractivity contribution is 6.31. The summed E-state index contributed by atoms with van der Waals surface area (Å²) < 4.78 is 0. The maximum atomic E-state index is 5.99. The van der Waals surface area contributed by atoms with E-state index >= 15 is 0 Å². The highest BCUT2D eigenvalue weighted by Gasteiger charge is 2.18. The van der Waals surface area contributed by atoms with Crippen LogP contribution in [0.15, 0.2) is 18.2 Å². The molecule has 0 fully saturated rings. The number of hydrogen-bond donors (Lipinski definition) is 1. The lowest BCUT2D eigenvalue weighted by Crippen LogP contribution is -2.38. The summed E-state index contributed by atoms with van der Waals surface area (Å²) in [7, 11) is 0. The molecule has 2 nitrogen and oxygen atoms in total. The zero-order valence-electron chi connectivity index (χ0n) is 8.55. The molecule has 1 aliphatic heterocycles. The summed E-state index contributed by atoms with van der Waals surface area (Å²) in [6.45, 7) is 6.46. The van der Waals surface area contributed by atoms with E-state index in [2.05, 4.69) is 24.1 Å². The molecule has 1 aromatic rings. The van der Waals surface area contributed by atoms with Crippen molar-refractivity contribution in [1.29, 1.82) is 0 Å². The minimum atomic E-state index is 0.523. The molecule has 0 bridgehead atoms. The van der Waals surface area contributed by atoms with Gasteiger partial charge in [0.1, 0.15) is 0 Å². The van der Waals surface area contributed by atoms with Crippen LogP contribution in [0.25, 0.3) is 0 Å². The second kappa shape index (κ2) is 3.70. The second-order valence-corrected chi connectivity index (χ2v) is 4.31. The van der Waals surface area contributed by atoms with Gasteiger partial charge in [0.25, 0.3) is 0 Å². The van der Waals surface area contributed by atoms with Crippen LogP contribution in [0.2, 0.25) is 5.02 Å². The van der Waals surface area contributed by atoms with Crippen LogP contribution in [0.4, 0.5) is 11.4 Å². The van der Waals surface area contributed by atoms with Gasteiger partial charge < -0.3 is 10.2 Å². The molecule has 0 spiro atoms. The van der Waals surface area contributed by atoms with Gasteiger partial charge in [-0.25, -0.2) is 0 Å². The monoisotopic (exact) mass is 210 g/mol. The van der Waals surface area contributed by atoms with Gasteiger partial charge in [0.2, 0.25) is 0 Å². The quantitative estimate of drug-likeness (QED) is 0.767. The fourth-order valence-electron chi connectivity index (χ4n) is 1.86. The predicted molar refractivity (Wildman–Crippen MR) is 62.4 cm³/mol. The highest BCUT2D eigenvalue weighted by Crippen LogP contribution is 2.32. The number of fused-ring (bicyclic) bond motifs is 1. The fourth-order valence-corrected chi connectivity index (χ4v) is 2.03. The molecular formula is C11H15ClN2. The molecule has 0 unspecified atom stereocenters. The molecule has 1 aromatic carbocycles. The Morgan fingerprint density at radius 2 is 2.21 bits per heavy atom. The summed E-state index contributed by atoms with van der Waals surface area (Å²) >= 11 is 5.99. The van der Waals surface area contributed by atoms with Crippen molar-refractivity contribution in [2.75, 3.05) is 23.3 Å². The van der Waals surface area contributed by atoms with Crippen LogP contribution < -0.4 is 10.2 Å². The van der Waals surface area contributed by atoms with Gasteiger partial charge in [0.05, 0.1) is 11.4 Å². The Bertz CT molecular complexity index is 336. The highest BCUT2D eigenvalue weighted by atomic mass is 35.5. The first kappa shape index (κ1) is 9.66. The Morgan fingerprint density at radius 1 is 1.43 bits per heavy atom. The molecule has 0 radical (unpaired) electrons. The van der Waals surface area contributed by atoms with Crippen molar-refractivity contribution in [1.82, 2.24) is 0 Å². The van der Waals surface area contributed by atoms with Gasteiger partial charge in [0.15, 0.2) is 0 Å². The van der Waals surface area contributed by atoms with Gasteiger partial charge in [-0.2, -0.15) is 0 Å². The smallest absolute Gasteiger partial charge is 0.0619 e. The Morgan fingerprint density at radius 3 is 2.93 bits per heavy atom. The van der Waals surface area contributed by atoms with Crippen LogP contribution in [0.3, 0.4) is 0 Å². The molecule has 1 heterocycles. The van der Waals surface area contributed by atoms with E-state index in [9.17, 15) is 0 Å². The molecule has 2 rings (SSSR count). The standard InChI is InChI=1S/C11H15ClN2/c1-8(2)14-6-5-13-10-4-3-9(12)7-11(10)14/h3-4,7-8,13H,5-6H2,1-2H3. The molecule has 1 N–H and O–H groups in total. The van der Waals surface area contributed by atoms with Crippen LogP contribution in [0.5, 0.6) is 0 Å². The van der Waals surface area contributed by atoms with Gasteiger partial charge >= 0.3 is 0 Å². The lowest BCUT2D eigenvalue weighted by atomic mass is 10.1. The van der Waals surface area contributed by atoms with Crippen LogP contribution in [-0.4, -0.2) is 19.1 Å². The molecule has 0 aromatic heterocycles. The molecule has 0 atom stereocenters. The average Bonchev–Trinajstić information content (AvgIpc) is 2.16. The third-order valence-corrected chi connectivity index (χ3v) is 2.80. The summed E-state index contributed by atoms with van der Waals surface area (Å²) in [5.74, 6) is 0. The zero-order chi connectivity index (χ0) is 10.1. The number of nitrogens with one attached hydrogen (secondary N) is 1. The van der Waals surface area contributed by atoms with E-state index in [0.717, 1.165) is 18.1 Å². The minimum Gasteiger partial charge on any atom is -0.382 e. The van der Waals surface area contributed by atoms with Crippen LogP contribution in [0.1, 0.15) is 13.8 Å².